The zero-order chi connectivity index (χ0) is 21.4. The summed E-state index contributed by atoms with van der Waals surface area (Å²) in [5.41, 5.74) is 1.86. The van der Waals surface area contributed by atoms with Crippen LogP contribution in [-0.4, -0.2) is 34.7 Å². The number of halogens is 3. The summed E-state index contributed by atoms with van der Waals surface area (Å²) in [7, 11) is 1.56. The molecule has 0 bridgehead atoms. The fraction of sp³-hybridized carbons (Fsp3) is 0.263. The normalized spacial score (nSPS) is 11.9. The largest absolute Gasteiger partial charge is 0.497 e. The highest BCUT2D eigenvalue weighted by Crippen LogP contribution is 2.29. The van der Waals surface area contributed by atoms with Crippen molar-refractivity contribution in [1.82, 2.24) is 10.6 Å². The van der Waals surface area contributed by atoms with E-state index < -0.39 is 15.9 Å². The highest BCUT2D eigenvalue weighted by molar-refractivity contribution is 7.80. The number of ether oxygens (including phenoxy) is 2. The van der Waals surface area contributed by atoms with Crippen LogP contribution in [0.5, 0.6) is 11.5 Å². The lowest BCUT2D eigenvalue weighted by Crippen LogP contribution is -2.56. The molecule has 29 heavy (non-hydrogen) atoms. The predicted molar refractivity (Wildman–Crippen MR) is 121 cm³/mol. The zero-order valence-corrected chi connectivity index (χ0v) is 18.8. The van der Waals surface area contributed by atoms with E-state index in [4.69, 9.17) is 56.5 Å². The van der Waals surface area contributed by atoms with Crippen LogP contribution in [0.2, 0.25) is 0 Å². The highest BCUT2D eigenvalue weighted by Gasteiger charge is 2.34. The van der Waals surface area contributed by atoms with Gasteiger partial charge in [-0.15, -0.1) is 0 Å². The molecule has 0 aliphatic rings. The van der Waals surface area contributed by atoms with Crippen molar-refractivity contribution in [1.29, 1.82) is 0 Å². The zero-order valence-electron chi connectivity index (χ0n) is 15.7. The number of benzene rings is 2. The lowest BCUT2D eigenvalue weighted by molar-refractivity contribution is -0.123. The van der Waals surface area contributed by atoms with Crippen LogP contribution in [0.3, 0.4) is 0 Å². The molecular formula is C19H20Cl3N3O3S. The first-order valence-corrected chi connectivity index (χ1v) is 9.98. The van der Waals surface area contributed by atoms with Crippen molar-refractivity contribution >= 4 is 63.7 Å². The smallest absolute Gasteiger partial charge is 0.259 e. The fourth-order valence-electron chi connectivity index (χ4n) is 2.16. The Labute approximate surface area is 189 Å². The van der Waals surface area contributed by atoms with Gasteiger partial charge in [-0.05, 0) is 55.5 Å². The number of amides is 1. The summed E-state index contributed by atoms with van der Waals surface area (Å²) in [5.74, 6) is 0.676. The summed E-state index contributed by atoms with van der Waals surface area (Å²) in [6.45, 7) is 1.70. The Morgan fingerprint density at radius 1 is 1.03 bits per heavy atom. The molecule has 2 rings (SSSR count). The first-order valence-electron chi connectivity index (χ1n) is 8.44. The van der Waals surface area contributed by atoms with Gasteiger partial charge in [0, 0.05) is 5.69 Å². The number of rotatable bonds is 7. The molecule has 0 saturated heterocycles. The number of alkyl halides is 3. The summed E-state index contributed by atoms with van der Waals surface area (Å²) in [6, 6.07) is 14.4. The Hall–Kier alpha value is -1.93. The maximum absolute atomic E-state index is 12.2. The van der Waals surface area contributed by atoms with Gasteiger partial charge >= 0.3 is 0 Å². The molecule has 0 aromatic heterocycles. The molecule has 10 heteroatoms. The number of hydrogen-bond donors (Lipinski definition) is 3. The predicted octanol–water partition coefficient (Wildman–Crippen LogP) is 4.18. The van der Waals surface area contributed by atoms with E-state index in [1.54, 1.807) is 31.4 Å². The van der Waals surface area contributed by atoms with E-state index in [-0.39, 0.29) is 11.7 Å². The molecule has 0 heterocycles. The summed E-state index contributed by atoms with van der Waals surface area (Å²) < 4.78 is 8.63. The molecule has 156 valence electrons. The molecule has 2 aromatic carbocycles. The number of carbonyl (C=O) groups is 1. The van der Waals surface area contributed by atoms with E-state index in [1.807, 2.05) is 31.2 Å². The maximum atomic E-state index is 12.2. The maximum Gasteiger partial charge on any atom is 0.259 e. The molecule has 0 aliphatic heterocycles. The molecular weight excluding hydrogens is 457 g/mol. The third-order valence-corrected chi connectivity index (χ3v) is 4.52. The van der Waals surface area contributed by atoms with Gasteiger partial charge in [-0.1, -0.05) is 52.5 Å². The minimum atomic E-state index is -1.85. The molecule has 1 amide bonds. The van der Waals surface area contributed by atoms with E-state index in [9.17, 15) is 4.79 Å². The van der Waals surface area contributed by atoms with Crippen LogP contribution in [0.4, 0.5) is 5.69 Å². The monoisotopic (exact) mass is 475 g/mol. The summed E-state index contributed by atoms with van der Waals surface area (Å²) in [4.78, 5) is 12.2. The van der Waals surface area contributed by atoms with E-state index in [0.717, 1.165) is 11.3 Å². The second kappa shape index (κ2) is 10.7. The Kier molecular flexibility index (Phi) is 8.64. The van der Waals surface area contributed by atoms with Crippen LogP contribution < -0.4 is 25.4 Å². The molecule has 0 spiro atoms. The highest BCUT2D eigenvalue weighted by atomic mass is 35.6. The van der Waals surface area contributed by atoms with Crippen molar-refractivity contribution in [2.24, 2.45) is 0 Å². The Morgan fingerprint density at radius 2 is 1.62 bits per heavy atom. The van der Waals surface area contributed by atoms with E-state index in [0.29, 0.717) is 11.5 Å². The van der Waals surface area contributed by atoms with E-state index >= 15 is 0 Å². The molecule has 0 saturated carbocycles. The van der Waals surface area contributed by atoms with Crippen molar-refractivity contribution in [3.05, 3.63) is 54.1 Å². The Morgan fingerprint density at radius 3 is 2.17 bits per heavy atom. The topological polar surface area (TPSA) is 71.6 Å². The molecule has 3 N–H and O–H groups in total. The molecule has 2 aromatic rings. The van der Waals surface area contributed by atoms with Gasteiger partial charge in [-0.2, -0.15) is 0 Å². The lowest BCUT2D eigenvalue weighted by Gasteiger charge is -2.27. The van der Waals surface area contributed by atoms with Crippen LogP contribution >= 0.6 is 47.0 Å². The van der Waals surface area contributed by atoms with Crippen LogP contribution in [-0.2, 0) is 4.79 Å². The summed E-state index contributed by atoms with van der Waals surface area (Å²) in [6.07, 6.45) is -1.08. The van der Waals surface area contributed by atoms with Crippen molar-refractivity contribution in [3.8, 4) is 11.5 Å². The van der Waals surface area contributed by atoms with Gasteiger partial charge in [0.05, 0.1) is 7.11 Å². The van der Waals surface area contributed by atoms with Crippen molar-refractivity contribution in [2.45, 2.75) is 16.9 Å². The molecule has 1 unspecified atom stereocenters. The number of carbonyl (C=O) groups excluding carboxylic acids is 1. The third kappa shape index (κ3) is 8.14. The van der Waals surface area contributed by atoms with Crippen molar-refractivity contribution in [3.63, 3.8) is 0 Å². The number of methoxy groups -OCH3 is 1. The SMILES string of the molecule is COc1ccc(OCC(=O)NC(NC(=S)Nc2ccc(C)cc2)C(Cl)(Cl)Cl)cc1. The van der Waals surface area contributed by atoms with Gasteiger partial charge in [-0.3, -0.25) is 4.79 Å². The number of thiocarbonyl (C=S) groups is 1. The minimum Gasteiger partial charge on any atom is -0.497 e. The first kappa shape index (κ1) is 23.3. The number of hydrogen-bond acceptors (Lipinski definition) is 4. The summed E-state index contributed by atoms with van der Waals surface area (Å²) >= 11 is 23.2. The molecule has 1 atom stereocenters. The molecule has 0 fully saturated rings. The van der Waals surface area contributed by atoms with Crippen molar-refractivity contribution < 1.29 is 14.3 Å². The van der Waals surface area contributed by atoms with Crippen LogP contribution in [0.1, 0.15) is 5.56 Å². The molecule has 0 radical (unpaired) electrons. The van der Waals surface area contributed by atoms with E-state index in [2.05, 4.69) is 16.0 Å². The molecule has 6 nitrogen and oxygen atoms in total. The Balaban J connectivity index is 1.90. The second-order valence-electron chi connectivity index (χ2n) is 5.97. The quantitative estimate of drug-likeness (QED) is 0.316. The van der Waals surface area contributed by atoms with Crippen molar-refractivity contribution in [2.75, 3.05) is 19.0 Å². The average Bonchev–Trinajstić information content (AvgIpc) is 2.67. The van der Waals surface area contributed by atoms with Gasteiger partial charge in [0.15, 0.2) is 11.7 Å². The Bertz CT molecular complexity index is 827. The minimum absolute atomic E-state index is 0.182. The van der Waals surface area contributed by atoms with Gasteiger partial charge < -0.3 is 25.4 Å². The standard InChI is InChI=1S/C19H20Cl3N3O3S/c1-12-3-5-13(6-4-12)23-18(29)25-17(19(20,21)22)24-16(26)11-28-15-9-7-14(27-2)8-10-15/h3-10,17H,11H2,1-2H3,(H,24,26)(H2,23,25,29). The third-order valence-electron chi connectivity index (χ3n) is 3.65. The van der Waals surface area contributed by atoms with Crippen LogP contribution in [0.25, 0.3) is 0 Å². The van der Waals surface area contributed by atoms with Crippen LogP contribution in [0, 0.1) is 6.92 Å². The number of nitrogens with one attached hydrogen (secondary N) is 3. The van der Waals surface area contributed by atoms with Crippen LogP contribution in [0.15, 0.2) is 48.5 Å². The number of aryl methyl sites for hydroxylation is 1. The fourth-order valence-corrected chi connectivity index (χ4v) is 2.72. The molecule has 0 aliphatic carbocycles. The van der Waals surface area contributed by atoms with Gasteiger partial charge in [-0.25, -0.2) is 0 Å². The van der Waals surface area contributed by atoms with Gasteiger partial charge in [0.25, 0.3) is 5.91 Å². The first-order chi connectivity index (χ1) is 13.7. The number of anilines is 1. The van der Waals surface area contributed by atoms with E-state index in [1.165, 1.54) is 0 Å². The summed E-state index contributed by atoms with van der Waals surface area (Å²) in [5, 5.41) is 8.48. The average molecular weight is 477 g/mol. The van der Waals surface area contributed by atoms with Gasteiger partial charge in [0.1, 0.15) is 17.7 Å². The second-order valence-corrected chi connectivity index (χ2v) is 8.75. The van der Waals surface area contributed by atoms with Gasteiger partial charge in [0.2, 0.25) is 3.79 Å². The lowest BCUT2D eigenvalue weighted by atomic mass is 10.2.